The molecule has 12 nitrogen and oxygen atoms in total. The number of fused-ring (bicyclic) bond motifs is 1. The van der Waals surface area contributed by atoms with Gasteiger partial charge in [0.05, 0.1) is 0 Å². The van der Waals surface area contributed by atoms with Crippen LogP contribution in [0.4, 0.5) is 5.13 Å². The summed E-state index contributed by atoms with van der Waals surface area (Å²) in [7, 11) is 0. The summed E-state index contributed by atoms with van der Waals surface area (Å²) in [5, 5.41) is 8.11. The Morgan fingerprint density at radius 2 is 1.86 bits per heavy atom. The standard InChI is InChI=1S/C36H33N7O5S3/c1-3-17-47-41-27(31-40-36(37)51-42-31)32(44)39-28-33(45)43-29(26(21-50-34(28)43)20-49-18-16-23-15-14-22(2)38-19-23)35(46)48-30(24-10-6-4-7-11-24)25-12-8-5-9-13-25/h3-16,18-19,28,30,34H,1,17,20-21H2,2H3,(H,39,44)(H2,37,40,42)/b18-16-,41-27?/t28?,34-/m1/s1. The highest BCUT2D eigenvalue weighted by Crippen LogP contribution is 2.42. The summed E-state index contributed by atoms with van der Waals surface area (Å²) in [5.74, 6) is -1.02. The maximum Gasteiger partial charge on any atom is 0.356 e. The molecule has 0 bridgehead atoms. The van der Waals surface area contributed by atoms with Gasteiger partial charge in [0.1, 0.15) is 23.7 Å². The number of pyridine rings is 1. The first-order valence-electron chi connectivity index (χ1n) is 15.7. The normalized spacial score (nSPS) is 17.3. The van der Waals surface area contributed by atoms with Crippen molar-refractivity contribution in [2.45, 2.75) is 24.4 Å². The number of hydrogen-bond donors (Lipinski definition) is 2. The van der Waals surface area contributed by atoms with Crippen LogP contribution < -0.4 is 11.1 Å². The number of amides is 2. The summed E-state index contributed by atoms with van der Waals surface area (Å²) in [6, 6.07) is 21.8. The number of nitrogen functional groups attached to an aromatic ring is 1. The minimum Gasteiger partial charge on any atom is -0.448 e. The van der Waals surface area contributed by atoms with Crippen molar-refractivity contribution >= 4 is 69.8 Å². The highest BCUT2D eigenvalue weighted by molar-refractivity contribution is 8.02. The molecule has 2 aliphatic heterocycles. The van der Waals surface area contributed by atoms with Crippen LogP contribution in [0.2, 0.25) is 0 Å². The van der Waals surface area contributed by atoms with E-state index >= 15 is 0 Å². The first kappa shape index (κ1) is 35.6. The molecule has 2 amide bonds. The Balaban J connectivity index is 1.26. The number of carbonyl (C=O) groups excluding carboxylic acids is 3. The maximum atomic E-state index is 14.3. The molecular weight excluding hydrogens is 707 g/mol. The fourth-order valence-electron chi connectivity index (χ4n) is 5.26. The number of β-lactam (4-membered cyclic amide) rings is 1. The van der Waals surface area contributed by atoms with Crippen molar-refractivity contribution in [2.24, 2.45) is 5.16 Å². The summed E-state index contributed by atoms with van der Waals surface area (Å²) < 4.78 is 10.3. The van der Waals surface area contributed by atoms with Crippen LogP contribution in [-0.4, -0.2) is 72.3 Å². The molecule has 1 saturated heterocycles. The van der Waals surface area contributed by atoms with Crippen LogP contribution in [-0.2, 0) is 24.0 Å². The van der Waals surface area contributed by atoms with Gasteiger partial charge in [-0.25, -0.2) is 4.79 Å². The lowest BCUT2D eigenvalue weighted by Gasteiger charge is -2.49. The van der Waals surface area contributed by atoms with Crippen LogP contribution in [0.3, 0.4) is 0 Å². The molecule has 2 aromatic heterocycles. The smallest absolute Gasteiger partial charge is 0.356 e. The van der Waals surface area contributed by atoms with E-state index in [1.54, 1.807) is 6.20 Å². The van der Waals surface area contributed by atoms with E-state index in [1.165, 1.54) is 34.5 Å². The lowest BCUT2D eigenvalue weighted by atomic mass is 10.0. The molecule has 1 fully saturated rings. The van der Waals surface area contributed by atoms with Gasteiger partial charge in [0.25, 0.3) is 11.8 Å². The Hall–Kier alpha value is -5.25. The van der Waals surface area contributed by atoms with Gasteiger partial charge in [-0.2, -0.15) is 9.36 Å². The van der Waals surface area contributed by atoms with Crippen molar-refractivity contribution in [1.29, 1.82) is 0 Å². The number of nitrogens with two attached hydrogens (primary N) is 1. The summed E-state index contributed by atoms with van der Waals surface area (Å²) in [4.78, 5) is 56.6. The molecule has 6 rings (SSSR count). The molecule has 0 radical (unpaired) electrons. The number of nitrogens with zero attached hydrogens (tertiary/aromatic N) is 5. The van der Waals surface area contributed by atoms with Crippen LogP contribution in [0.5, 0.6) is 0 Å². The molecule has 0 saturated carbocycles. The van der Waals surface area contributed by atoms with Gasteiger partial charge in [0, 0.05) is 34.9 Å². The number of ether oxygens (including phenoxy) is 1. The molecular formula is C36H33N7O5S3. The number of esters is 1. The minimum absolute atomic E-state index is 0.0339. The fraction of sp³-hybridized carbons (Fsp3) is 0.194. The van der Waals surface area contributed by atoms with Gasteiger partial charge in [-0.05, 0) is 46.7 Å². The van der Waals surface area contributed by atoms with Gasteiger partial charge in [-0.15, -0.1) is 23.5 Å². The van der Waals surface area contributed by atoms with Gasteiger partial charge in [0.2, 0.25) is 11.5 Å². The average molecular weight is 740 g/mol. The average Bonchev–Trinajstić information content (AvgIpc) is 3.59. The zero-order chi connectivity index (χ0) is 35.7. The molecule has 3 N–H and O–H groups in total. The number of hydrogen-bond acceptors (Lipinski definition) is 13. The first-order chi connectivity index (χ1) is 24.8. The molecule has 0 spiro atoms. The van der Waals surface area contributed by atoms with E-state index in [1.807, 2.05) is 91.2 Å². The fourth-order valence-corrected chi connectivity index (χ4v) is 7.96. The number of carbonyl (C=O) groups is 3. The lowest BCUT2D eigenvalue weighted by molar-refractivity contribution is -0.154. The van der Waals surface area contributed by atoms with Crippen molar-refractivity contribution in [3.8, 4) is 0 Å². The molecule has 2 atom stereocenters. The molecule has 51 heavy (non-hydrogen) atoms. The van der Waals surface area contributed by atoms with Crippen molar-refractivity contribution in [3.05, 3.63) is 137 Å². The molecule has 2 aromatic carbocycles. The zero-order valence-electron chi connectivity index (χ0n) is 27.4. The zero-order valence-corrected chi connectivity index (χ0v) is 29.8. The van der Waals surface area contributed by atoms with Gasteiger partial charge in [-0.3, -0.25) is 19.5 Å². The quantitative estimate of drug-likeness (QED) is 0.0441. The lowest BCUT2D eigenvalue weighted by Crippen LogP contribution is -2.71. The Morgan fingerprint density at radius 3 is 2.49 bits per heavy atom. The van der Waals surface area contributed by atoms with Crippen LogP contribution in [0.15, 0.2) is 113 Å². The number of nitrogens with one attached hydrogen (secondary N) is 1. The predicted octanol–water partition coefficient (Wildman–Crippen LogP) is 5.12. The van der Waals surface area contributed by atoms with E-state index in [0.29, 0.717) is 11.5 Å². The number of anilines is 1. The Kier molecular flexibility index (Phi) is 11.6. The second kappa shape index (κ2) is 16.6. The molecule has 0 aliphatic carbocycles. The van der Waals surface area contributed by atoms with Gasteiger partial charge >= 0.3 is 5.97 Å². The van der Waals surface area contributed by atoms with Crippen molar-refractivity contribution in [1.82, 2.24) is 24.6 Å². The number of aryl methyl sites for hydroxylation is 1. The summed E-state index contributed by atoms with van der Waals surface area (Å²) >= 11 is 3.82. The third kappa shape index (κ3) is 8.39. The van der Waals surface area contributed by atoms with Gasteiger partial charge in [-0.1, -0.05) is 84.5 Å². The number of oxime groups is 1. The Labute approximate surface area is 307 Å². The van der Waals surface area contributed by atoms with Crippen LogP contribution in [0.1, 0.15) is 34.3 Å². The third-order valence-electron chi connectivity index (χ3n) is 7.72. The first-order valence-corrected chi connectivity index (χ1v) is 18.6. The van der Waals surface area contributed by atoms with Crippen molar-refractivity contribution in [2.75, 3.05) is 23.8 Å². The van der Waals surface area contributed by atoms with E-state index in [9.17, 15) is 14.4 Å². The number of thioether (sulfide) groups is 2. The molecule has 260 valence electrons. The summed E-state index contributed by atoms with van der Waals surface area (Å²) in [6.45, 7) is 5.54. The van der Waals surface area contributed by atoms with Crippen LogP contribution in [0.25, 0.3) is 6.08 Å². The Bertz CT molecular complexity index is 1950. The van der Waals surface area contributed by atoms with E-state index in [4.69, 9.17) is 15.3 Å². The van der Waals surface area contributed by atoms with Gasteiger partial charge < -0.3 is 20.6 Å². The van der Waals surface area contributed by atoms with Crippen LogP contribution in [0, 0.1) is 6.92 Å². The van der Waals surface area contributed by atoms with E-state index in [2.05, 4.69) is 31.4 Å². The predicted molar refractivity (Wildman–Crippen MR) is 200 cm³/mol. The van der Waals surface area contributed by atoms with E-state index < -0.39 is 35.3 Å². The summed E-state index contributed by atoms with van der Waals surface area (Å²) in [6.07, 6.45) is 4.48. The topological polar surface area (TPSA) is 162 Å². The minimum atomic E-state index is -0.965. The molecule has 4 heterocycles. The SMILES string of the molecule is C=CCON=C(C(=O)NC1C(=O)N2C(C(=O)OC(c3ccccc3)c3ccccc3)=C(CS/C=C\c3ccc(C)nc3)CS[C@H]12)c1nsc(N)n1. The van der Waals surface area contributed by atoms with Crippen LogP contribution >= 0.6 is 35.1 Å². The highest BCUT2D eigenvalue weighted by Gasteiger charge is 2.55. The second-order valence-corrected chi connectivity index (χ2v) is 14.0. The number of benzene rings is 2. The monoisotopic (exact) mass is 739 g/mol. The largest absolute Gasteiger partial charge is 0.448 e. The highest BCUT2D eigenvalue weighted by atomic mass is 32.2. The summed E-state index contributed by atoms with van der Waals surface area (Å²) in [5.41, 5.74) is 9.84. The number of rotatable bonds is 14. The number of aromatic nitrogens is 3. The molecule has 15 heteroatoms. The van der Waals surface area contributed by atoms with Crippen molar-refractivity contribution in [3.63, 3.8) is 0 Å². The molecule has 4 aromatic rings. The van der Waals surface area contributed by atoms with E-state index in [-0.39, 0.29) is 29.0 Å². The van der Waals surface area contributed by atoms with E-state index in [0.717, 1.165) is 39.5 Å². The Morgan fingerprint density at radius 1 is 1.14 bits per heavy atom. The van der Waals surface area contributed by atoms with Crippen molar-refractivity contribution < 1.29 is 24.0 Å². The second-order valence-electron chi connectivity index (χ2n) is 11.2. The maximum absolute atomic E-state index is 14.3. The van der Waals surface area contributed by atoms with Gasteiger partial charge in [0.15, 0.2) is 11.2 Å². The molecule has 2 aliphatic rings. The molecule has 1 unspecified atom stereocenters. The third-order valence-corrected chi connectivity index (χ3v) is 10.4.